The van der Waals surface area contributed by atoms with Crippen LogP contribution >= 0.6 is 0 Å². The van der Waals surface area contributed by atoms with E-state index in [9.17, 15) is 4.79 Å². The molecule has 0 spiro atoms. The molecule has 5 nitrogen and oxygen atoms in total. The summed E-state index contributed by atoms with van der Waals surface area (Å²) in [7, 11) is 0. The lowest BCUT2D eigenvalue weighted by molar-refractivity contribution is -0.141. The second-order valence-electron chi connectivity index (χ2n) is 6.84. The summed E-state index contributed by atoms with van der Waals surface area (Å²) in [6, 6.07) is 15.7. The molecule has 0 fully saturated rings. The molecular weight excluding hydrogens is 354 g/mol. The van der Waals surface area contributed by atoms with Gasteiger partial charge in [0.25, 0.3) is 0 Å². The Balaban J connectivity index is 1.57. The van der Waals surface area contributed by atoms with Gasteiger partial charge in [-0.1, -0.05) is 38.1 Å². The molecule has 0 radical (unpaired) electrons. The summed E-state index contributed by atoms with van der Waals surface area (Å²) in [5, 5.41) is 9.12. The maximum atomic E-state index is 11.1. The third kappa shape index (κ3) is 5.00. The van der Waals surface area contributed by atoms with Gasteiger partial charge < -0.3 is 14.3 Å². The molecule has 0 unspecified atom stereocenters. The summed E-state index contributed by atoms with van der Waals surface area (Å²) in [6.07, 6.45) is 3.68. The standard InChI is InChI=1S/C23H25NO4/c1-3-17-14-21(10-9-19(17)13-16(2)23(25)26)27-12-11-20-15-28-22(24-20)18-7-5-4-6-8-18/h4-10,14-16H,3,11-13H2,1-2H3,(H,25,26)/t16-/m0/s1. The molecule has 146 valence electrons. The fourth-order valence-electron chi connectivity index (χ4n) is 3.05. The van der Waals surface area contributed by atoms with E-state index in [0.717, 1.165) is 34.6 Å². The second kappa shape index (κ2) is 9.22. The third-order valence-electron chi connectivity index (χ3n) is 4.71. The smallest absolute Gasteiger partial charge is 0.306 e. The molecule has 0 amide bonds. The van der Waals surface area contributed by atoms with E-state index >= 15 is 0 Å². The normalized spacial score (nSPS) is 11.9. The summed E-state index contributed by atoms with van der Waals surface area (Å²) >= 11 is 0. The van der Waals surface area contributed by atoms with Crippen molar-refractivity contribution in [1.29, 1.82) is 0 Å². The van der Waals surface area contributed by atoms with Gasteiger partial charge >= 0.3 is 5.97 Å². The number of carbonyl (C=O) groups is 1. The van der Waals surface area contributed by atoms with Crippen molar-refractivity contribution >= 4 is 5.97 Å². The number of rotatable bonds is 9. The van der Waals surface area contributed by atoms with Crippen LogP contribution in [-0.2, 0) is 24.1 Å². The van der Waals surface area contributed by atoms with Crippen molar-refractivity contribution in [3.8, 4) is 17.2 Å². The zero-order valence-electron chi connectivity index (χ0n) is 16.2. The summed E-state index contributed by atoms with van der Waals surface area (Å²) in [5.74, 6) is 0.226. The number of carboxylic acids is 1. The summed E-state index contributed by atoms with van der Waals surface area (Å²) in [6.45, 7) is 4.29. The Bertz CT molecular complexity index is 917. The topological polar surface area (TPSA) is 72.6 Å². The minimum absolute atomic E-state index is 0.400. The van der Waals surface area contributed by atoms with Crippen LogP contribution in [0.1, 0.15) is 30.7 Å². The van der Waals surface area contributed by atoms with E-state index in [2.05, 4.69) is 11.9 Å². The number of aryl methyl sites for hydroxylation is 1. The summed E-state index contributed by atoms with van der Waals surface area (Å²) < 4.78 is 11.4. The first-order chi connectivity index (χ1) is 13.6. The van der Waals surface area contributed by atoms with Crippen molar-refractivity contribution in [2.24, 2.45) is 5.92 Å². The summed E-state index contributed by atoms with van der Waals surface area (Å²) in [4.78, 5) is 15.6. The van der Waals surface area contributed by atoms with Gasteiger partial charge in [0.15, 0.2) is 0 Å². The van der Waals surface area contributed by atoms with Gasteiger partial charge in [0, 0.05) is 12.0 Å². The van der Waals surface area contributed by atoms with Crippen LogP contribution in [0.2, 0.25) is 0 Å². The number of hydrogen-bond donors (Lipinski definition) is 1. The predicted molar refractivity (Wildman–Crippen MR) is 107 cm³/mol. The van der Waals surface area contributed by atoms with Gasteiger partial charge in [0.2, 0.25) is 5.89 Å². The molecule has 0 saturated carbocycles. The van der Waals surface area contributed by atoms with E-state index in [0.29, 0.717) is 25.3 Å². The zero-order chi connectivity index (χ0) is 19.9. The minimum atomic E-state index is -0.773. The number of nitrogens with zero attached hydrogens (tertiary/aromatic N) is 1. The Morgan fingerprint density at radius 3 is 2.68 bits per heavy atom. The molecule has 1 aromatic heterocycles. The van der Waals surface area contributed by atoms with Crippen molar-refractivity contribution in [1.82, 2.24) is 4.98 Å². The van der Waals surface area contributed by atoms with E-state index in [1.807, 2.05) is 48.5 Å². The highest BCUT2D eigenvalue weighted by Crippen LogP contribution is 2.22. The highest BCUT2D eigenvalue weighted by atomic mass is 16.5. The molecule has 0 aliphatic carbocycles. The van der Waals surface area contributed by atoms with E-state index < -0.39 is 11.9 Å². The first-order valence-corrected chi connectivity index (χ1v) is 9.54. The second-order valence-corrected chi connectivity index (χ2v) is 6.84. The Labute approximate surface area is 165 Å². The van der Waals surface area contributed by atoms with Gasteiger partial charge in [-0.15, -0.1) is 0 Å². The van der Waals surface area contributed by atoms with Gasteiger partial charge in [-0.25, -0.2) is 4.98 Å². The van der Waals surface area contributed by atoms with Gasteiger partial charge in [0.05, 0.1) is 18.2 Å². The zero-order valence-corrected chi connectivity index (χ0v) is 16.2. The lowest BCUT2D eigenvalue weighted by Crippen LogP contribution is -2.13. The summed E-state index contributed by atoms with van der Waals surface area (Å²) in [5.41, 5.74) is 3.99. The van der Waals surface area contributed by atoms with Gasteiger partial charge in [0.1, 0.15) is 12.0 Å². The number of hydrogen-bond acceptors (Lipinski definition) is 4. The van der Waals surface area contributed by atoms with Crippen molar-refractivity contribution in [2.45, 2.75) is 33.1 Å². The molecule has 28 heavy (non-hydrogen) atoms. The molecule has 3 rings (SSSR count). The van der Waals surface area contributed by atoms with Crippen LogP contribution in [0, 0.1) is 5.92 Å². The number of benzene rings is 2. The van der Waals surface area contributed by atoms with Gasteiger partial charge in [-0.05, 0) is 48.2 Å². The third-order valence-corrected chi connectivity index (χ3v) is 4.71. The molecule has 0 aliphatic rings. The number of ether oxygens (including phenoxy) is 1. The van der Waals surface area contributed by atoms with Crippen LogP contribution < -0.4 is 4.74 Å². The molecule has 1 heterocycles. The van der Waals surface area contributed by atoms with Crippen LogP contribution in [0.5, 0.6) is 5.75 Å². The van der Waals surface area contributed by atoms with Crippen LogP contribution in [0.25, 0.3) is 11.5 Å². The van der Waals surface area contributed by atoms with E-state index in [-0.39, 0.29) is 0 Å². The molecular formula is C23H25NO4. The minimum Gasteiger partial charge on any atom is -0.493 e. The SMILES string of the molecule is CCc1cc(OCCc2coc(-c3ccccc3)n2)ccc1C[C@H](C)C(=O)O. The van der Waals surface area contributed by atoms with Crippen molar-refractivity contribution in [2.75, 3.05) is 6.61 Å². The Morgan fingerprint density at radius 1 is 1.18 bits per heavy atom. The highest BCUT2D eigenvalue weighted by Gasteiger charge is 2.14. The first kappa shape index (κ1) is 19.7. The van der Waals surface area contributed by atoms with E-state index in [4.69, 9.17) is 14.3 Å². The lowest BCUT2D eigenvalue weighted by atomic mass is 9.95. The Kier molecular flexibility index (Phi) is 6.48. The van der Waals surface area contributed by atoms with Crippen molar-refractivity contribution < 1.29 is 19.1 Å². The molecule has 3 aromatic rings. The molecule has 1 atom stereocenters. The fourth-order valence-corrected chi connectivity index (χ4v) is 3.05. The lowest BCUT2D eigenvalue weighted by Gasteiger charge is -2.13. The van der Waals surface area contributed by atoms with Gasteiger partial charge in [-0.2, -0.15) is 0 Å². The Hall–Kier alpha value is -3.08. The first-order valence-electron chi connectivity index (χ1n) is 9.54. The maximum absolute atomic E-state index is 11.1. The van der Waals surface area contributed by atoms with Crippen LogP contribution in [-0.4, -0.2) is 22.7 Å². The molecule has 0 bridgehead atoms. The molecule has 0 aliphatic heterocycles. The van der Waals surface area contributed by atoms with E-state index in [1.165, 1.54) is 0 Å². The number of aliphatic carboxylic acids is 1. The van der Waals surface area contributed by atoms with Crippen LogP contribution in [0.4, 0.5) is 0 Å². The number of oxazole rings is 1. The van der Waals surface area contributed by atoms with Crippen molar-refractivity contribution in [3.63, 3.8) is 0 Å². The molecule has 1 N–H and O–H groups in total. The van der Waals surface area contributed by atoms with Crippen LogP contribution in [0.3, 0.4) is 0 Å². The number of carboxylic acid groups (broad SMARTS) is 1. The molecule has 5 heteroatoms. The largest absolute Gasteiger partial charge is 0.493 e. The average Bonchev–Trinajstić information content (AvgIpc) is 3.18. The highest BCUT2D eigenvalue weighted by molar-refractivity contribution is 5.70. The van der Waals surface area contributed by atoms with Crippen molar-refractivity contribution in [3.05, 3.63) is 71.6 Å². The van der Waals surface area contributed by atoms with Crippen LogP contribution in [0.15, 0.2) is 59.2 Å². The monoisotopic (exact) mass is 379 g/mol. The maximum Gasteiger partial charge on any atom is 0.306 e. The fraction of sp³-hybridized carbons (Fsp3) is 0.304. The number of aromatic nitrogens is 1. The molecule has 2 aromatic carbocycles. The average molecular weight is 379 g/mol. The quantitative estimate of drug-likeness (QED) is 0.579. The predicted octanol–water partition coefficient (Wildman–Crippen LogP) is 4.79. The molecule has 0 saturated heterocycles. The van der Waals surface area contributed by atoms with E-state index in [1.54, 1.807) is 13.2 Å². The van der Waals surface area contributed by atoms with Gasteiger partial charge in [-0.3, -0.25) is 4.79 Å². The Morgan fingerprint density at radius 2 is 1.96 bits per heavy atom.